The van der Waals surface area contributed by atoms with Gasteiger partial charge in [0.05, 0.1) is 10.5 Å². The molecule has 1 amide bonds. The third-order valence-electron chi connectivity index (χ3n) is 4.32. The number of benzene rings is 2. The standard InChI is InChI=1S/C19H20F4N2O3S/c1-12(2)25(3)29(27,28)16-6-4-5-13(9-16)18(26)24-11-14-7-8-15(20)10-17(14)19(21,22)23/h4-10,12H,11H2,1-3H3,(H,24,26). The van der Waals surface area contributed by atoms with E-state index in [4.69, 9.17) is 0 Å². The molecule has 0 radical (unpaired) electrons. The van der Waals surface area contributed by atoms with Gasteiger partial charge in [0.2, 0.25) is 10.0 Å². The van der Waals surface area contributed by atoms with Gasteiger partial charge in [-0.2, -0.15) is 17.5 Å². The van der Waals surface area contributed by atoms with Gasteiger partial charge in [0.1, 0.15) is 5.82 Å². The monoisotopic (exact) mass is 432 g/mol. The van der Waals surface area contributed by atoms with Gasteiger partial charge in [0.15, 0.2) is 0 Å². The molecule has 0 unspecified atom stereocenters. The molecule has 0 saturated heterocycles. The summed E-state index contributed by atoms with van der Waals surface area (Å²) in [5.41, 5.74) is -1.53. The van der Waals surface area contributed by atoms with Crippen LogP contribution in [-0.2, 0) is 22.7 Å². The Hall–Kier alpha value is -2.46. The molecule has 2 rings (SSSR count). The highest BCUT2D eigenvalue weighted by molar-refractivity contribution is 7.89. The SMILES string of the molecule is CC(C)N(C)S(=O)(=O)c1cccc(C(=O)NCc2ccc(F)cc2C(F)(F)F)c1. The van der Waals surface area contributed by atoms with Crippen molar-refractivity contribution in [1.29, 1.82) is 0 Å². The lowest BCUT2D eigenvalue weighted by Gasteiger charge is -2.21. The quantitative estimate of drug-likeness (QED) is 0.706. The van der Waals surface area contributed by atoms with Gasteiger partial charge in [0.25, 0.3) is 5.91 Å². The van der Waals surface area contributed by atoms with Crippen LogP contribution in [0.2, 0.25) is 0 Å². The summed E-state index contributed by atoms with van der Waals surface area (Å²) >= 11 is 0. The molecule has 158 valence electrons. The Morgan fingerprint density at radius 1 is 1.14 bits per heavy atom. The predicted molar refractivity (Wildman–Crippen MR) is 99.1 cm³/mol. The van der Waals surface area contributed by atoms with Gasteiger partial charge in [-0.15, -0.1) is 0 Å². The third-order valence-corrected chi connectivity index (χ3v) is 6.35. The third kappa shape index (κ3) is 5.33. The zero-order chi connectivity index (χ0) is 22.0. The van der Waals surface area contributed by atoms with Gasteiger partial charge in [-0.3, -0.25) is 4.79 Å². The van der Waals surface area contributed by atoms with E-state index in [0.717, 1.165) is 22.5 Å². The zero-order valence-electron chi connectivity index (χ0n) is 15.9. The van der Waals surface area contributed by atoms with E-state index in [1.165, 1.54) is 25.2 Å². The Labute approximate surface area is 166 Å². The summed E-state index contributed by atoms with van der Waals surface area (Å²) in [7, 11) is -2.43. The van der Waals surface area contributed by atoms with E-state index in [2.05, 4.69) is 5.32 Å². The van der Waals surface area contributed by atoms with Crippen LogP contribution in [0.25, 0.3) is 0 Å². The van der Waals surface area contributed by atoms with Crippen molar-refractivity contribution in [1.82, 2.24) is 9.62 Å². The average Bonchev–Trinajstić information content (AvgIpc) is 2.65. The highest BCUT2D eigenvalue weighted by Gasteiger charge is 2.33. The first-order valence-electron chi connectivity index (χ1n) is 8.56. The molecule has 0 aromatic heterocycles. The molecule has 0 fully saturated rings. The fourth-order valence-electron chi connectivity index (χ4n) is 2.49. The predicted octanol–water partition coefficient (Wildman–Crippen LogP) is 3.80. The second-order valence-corrected chi connectivity index (χ2v) is 8.62. The number of carbonyl (C=O) groups is 1. The van der Waals surface area contributed by atoms with E-state index < -0.39 is 40.0 Å². The van der Waals surface area contributed by atoms with Crippen molar-refractivity contribution in [3.05, 3.63) is 65.0 Å². The van der Waals surface area contributed by atoms with Gasteiger partial charge in [-0.25, -0.2) is 12.8 Å². The van der Waals surface area contributed by atoms with Gasteiger partial charge in [-0.05, 0) is 49.7 Å². The van der Waals surface area contributed by atoms with Gasteiger partial charge in [0, 0.05) is 25.2 Å². The van der Waals surface area contributed by atoms with Crippen LogP contribution in [0.3, 0.4) is 0 Å². The van der Waals surface area contributed by atoms with Gasteiger partial charge in [-0.1, -0.05) is 12.1 Å². The van der Waals surface area contributed by atoms with Crippen molar-refractivity contribution < 1.29 is 30.8 Å². The minimum atomic E-state index is -4.78. The van der Waals surface area contributed by atoms with Crippen LogP contribution in [0.4, 0.5) is 17.6 Å². The van der Waals surface area contributed by atoms with Crippen LogP contribution in [0, 0.1) is 5.82 Å². The van der Waals surface area contributed by atoms with Crippen molar-refractivity contribution in [3.63, 3.8) is 0 Å². The molecular formula is C19H20F4N2O3S. The molecule has 0 atom stereocenters. The fourth-order valence-corrected chi connectivity index (χ4v) is 3.90. The molecule has 0 heterocycles. The average molecular weight is 432 g/mol. The molecule has 0 spiro atoms. The van der Waals surface area contributed by atoms with E-state index in [1.54, 1.807) is 13.8 Å². The number of alkyl halides is 3. The van der Waals surface area contributed by atoms with Gasteiger partial charge >= 0.3 is 6.18 Å². The summed E-state index contributed by atoms with van der Waals surface area (Å²) in [6, 6.07) is 7.05. The minimum Gasteiger partial charge on any atom is -0.348 e. The van der Waals surface area contributed by atoms with E-state index in [1.807, 2.05) is 0 Å². The first-order valence-corrected chi connectivity index (χ1v) is 10.00. The van der Waals surface area contributed by atoms with Crippen molar-refractivity contribution >= 4 is 15.9 Å². The first-order chi connectivity index (χ1) is 13.3. The number of hydrogen-bond acceptors (Lipinski definition) is 3. The summed E-state index contributed by atoms with van der Waals surface area (Å²) in [6.45, 7) is 2.88. The Balaban J connectivity index is 2.24. The Morgan fingerprint density at radius 2 is 1.79 bits per heavy atom. The lowest BCUT2D eigenvalue weighted by molar-refractivity contribution is -0.138. The number of nitrogens with zero attached hydrogens (tertiary/aromatic N) is 1. The van der Waals surface area contributed by atoms with Crippen LogP contribution in [0.1, 0.15) is 35.3 Å². The van der Waals surface area contributed by atoms with E-state index in [-0.39, 0.29) is 22.1 Å². The van der Waals surface area contributed by atoms with E-state index in [0.29, 0.717) is 6.07 Å². The Kier molecular flexibility index (Phi) is 6.69. The molecule has 0 aliphatic rings. The molecule has 5 nitrogen and oxygen atoms in total. The summed E-state index contributed by atoms with van der Waals surface area (Å²) in [5.74, 6) is -1.80. The summed E-state index contributed by atoms with van der Waals surface area (Å²) in [5, 5.41) is 2.31. The molecule has 0 bridgehead atoms. The Morgan fingerprint density at radius 3 is 2.38 bits per heavy atom. The van der Waals surface area contributed by atoms with Crippen LogP contribution in [0.15, 0.2) is 47.4 Å². The highest BCUT2D eigenvalue weighted by atomic mass is 32.2. The van der Waals surface area contributed by atoms with Crippen molar-refractivity contribution in [2.45, 2.75) is 37.5 Å². The lowest BCUT2D eigenvalue weighted by atomic mass is 10.1. The smallest absolute Gasteiger partial charge is 0.348 e. The molecular weight excluding hydrogens is 412 g/mol. The van der Waals surface area contributed by atoms with Crippen LogP contribution < -0.4 is 5.32 Å². The fraction of sp³-hybridized carbons (Fsp3) is 0.316. The molecule has 2 aromatic rings. The van der Waals surface area contributed by atoms with Crippen molar-refractivity contribution in [3.8, 4) is 0 Å². The number of amides is 1. The number of carbonyl (C=O) groups excluding carboxylic acids is 1. The number of rotatable bonds is 6. The normalized spacial score (nSPS) is 12.4. The molecule has 10 heteroatoms. The zero-order valence-corrected chi connectivity index (χ0v) is 16.7. The minimum absolute atomic E-state index is 0.0288. The largest absolute Gasteiger partial charge is 0.416 e. The number of sulfonamides is 1. The maximum Gasteiger partial charge on any atom is 0.416 e. The Bertz CT molecular complexity index is 1000. The summed E-state index contributed by atoms with van der Waals surface area (Å²) in [6.07, 6.45) is -4.78. The number of hydrogen-bond donors (Lipinski definition) is 1. The maximum atomic E-state index is 13.2. The second-order valence-electron chi connectivity index (χ2n) is 6.62. The number of halogens is 4. The number of nitrogens with one attached hydrogen (secondary N) is 1. The summed E-state index contributed by atoms with van der Waals surface area (Å²) in [4.78, 5) is 12.2. The first kappa shape index (κ1) is 22.8. The van der Waals surface area contributed by atoms with Crippen LogP contribution in [-0.4, -0.2) is 31.7 Å². The highest BCUT2D eigenvalue weighted by Crippen LogP contribution is 2.32. The lowest BCUT2D eigenvalue weighted by Crippen LogP contribution is -2.33. The van der Waals surface area contributed by atoms with Crippen LogP contribution >= 0.6 is 0 Å². The summed E-state index contributed by atoms with van der Waals surface area (Å²) < 4.78 is 78.6. The van der Waals surface area contributed by atoms with Crippen molar-refractivity contribution in [2.75, 3.05) is 7.05 Å². The molecule has 2 aromatic carbocycles. The van der Waals surface area contributed by atoms with Crippen molar-refractivity contribution in [2.24, 2.45) is 0 Å². The second kappa shape index (κ2) is 8.50. The maximum absolute atomic E-state index is 13.2. The van der Waals surface area contributed by atoms with Gasteiger partial charge < -0.3 is 5.32 Å². The van der Waals surface area contributed by atoms with E-state index in [9.17, 15) is 30.8 Å². The van der Waals surface area contributed by atoms with E-state index >= 15 is 0 Å². The molecule has 29 heavy (non-hydrogen) atoms. The molecule has 0 saturated carbocycles. The molecule has 0 aliphatic heterocycles. The van der Waals surface area contributed by atoms with Crippen LogP contribution in [0.5, 0.6) is 0 Å². The molecule has 1 N–H and O–H groups in total. The topological polar surface area (TPSA) is 66.5 Å². The molecule has 0 aliphatic carbocycles.